The average molecular weight is 301 g/mol. The van der Waals surface area contributed by atoms with Crippen molar-refractivity contribution in [3.05, 3.63) is 64.8 Å². The summed E-state index contributed by atoms with van der Waals surface area (Å²) in [4.78, 5) is 1.03. The van der Waals surface area contributed by atoms with Gasteiger partial charge in [0.2, 0.25) is 0 Å². The molecule has 0 aliphatic heterocycles. The van der Waals surface area contributed by atoms with E-state index in [-0.39, 0.29) is 11.9 Å². The highest BCUT2D eigenvalue weighted by molar-refractivity contribution is 7.19. The van der Waals surface area contributed by atoms with Gasteiger partial charge in [-0.3, -0.25) is 0 Å². The molecular weight excluding hydrogens is 285 g/mol. The summed E-state index contributed by atoms with van der Waals surface area (Å²) < 4.78 is 19.7. The summed E-state index contributed by atoms with van der Waals surface area (Å²) in [6.45, 7) is 2.60. The van der Waals surface area contributed by atoms with Crippen LogP contribution in [-0.2, 0) is 0 Å². The van der Waals surface area contributed by atoms with E-state index >= 15 is 0 Å². The van der Waals surface area contributed by atoms with Gasteiger partial charge in [-0.2, -0.15) is 0 Å². The predicted octanol–water partition coefficient (Wildman–Crippen LogP) is 4.49. The molecule has 0 saturated heterocycles. The van der Waals surface area contributed by atoms with E-state index in [1.807, 2.05) is 37.3 Å². The topological polar surface area (TPSA) is 35.2 Å². The molecule has 0 amide bonds. The molecule has 4 heteroatoms. The Morgan fingerprint density at radius 1 is 1.14 bits per heavy atom. The third-order valence-electron chi connectivity index (χ3n) is 3.35. The minimum atomic E-state index is -0.221. The predicted molar refractivity (Wildman–Crippen MR) is 85.4 cm³/mol. The zero-order valence-corrected chi connectivity index (χ0v) is 12.5. The van der Waals surface area contributed by atoms with Crippen LogP contribution in [0.5, 0.6) is 5.75 Å². The van der Waals surface area contributed by atoms with Gasteiger partial charge in [0.25, 0.3) is 0 Å². The minimum absolute atomic E-state index is 0.207. The van der Waals surface area contributed by atoms with E-state index in [4.69, 9.17) is 10.5 Å². The number of thiophene rings is 1. The van der Waals surface area contributed by atoms with E-state index in [1.165, 1.54) is 6.07 Å². The fourth-order valence-electron chi connectivity index (χ4n) is 2.29. The lowest BCUT2D eigenvalue weighted by Crippen LogP contribution is -2.09. The molecule has 0 saturated carbocycles. The maximum Gasteiger partial charge on any atom is 0.123 e. The van der Waals surface area contributed by atoms with E-state index in [0.717, 1.165) is 26.3 Å². The normalized spacial score (nSPS) is 12.5. The molecule has 0 aliphatic carbocycles. The number of hydrogen-bond donors (Lipinski definition) is 1. The Morgan fingerprint density at radius 3 is 2.62 bits per heavy atom. The number of hydrogen-bond acceptors (Lipinski definition) is 3. The number of ether oxygens (including phenoxy) is 1. The lowest BCUT2D eigenvalue weighted by atomic mass is 10.1. The summed E-state index contributed by atoms with van der Waals surface area (Å²) in [5, 5.41) is 0.899. The Kier molecular flexibility index (Phi) is 3.90. The maximum atomic E-state index is 13.2. The Balaban J connectivity index is 1.90. The minimum Gasteiger partial charge on any atom is -0.494 e. The molecule has 0 radical (unpaired) electrons. The SMILES string of the molecule is CCOc1ccc(C(N)c2cc3cc(F)ccc3s2)cc1. The number of rotatable bonds is 4. The monoisotopic (exact) mass is 301 g/mol. The second-order valence-corrected chi connectivity index (χ2v) is 5.93. The Hall–Kier alpha value is -1.91. The Labute approximate surface area is 127 Å². The summed E-state index contributed by atoms with van der Waals surface area (Å²) in [7, 11) is 0. The zero-order valence-electron chi connectivity index (χ0n) is 11.7. The van der Waals surface area contributed by atoms with Gasteiger partial charge in [0.05, 0.1) is 12.6 Å². The lowest BCUT2D eigenvalue weighted by Gasteiger charge is -2.11. The zero-order chi connectivity index (χ0) is 14.8. The van der Waals surface area contributed by atoms with E-state index in [2.05, 4.69) is 0 Å². The summed E-state index contributed by atoms with van der Waals surface area (Å²) in [5.41, 5.74) is 7.34. The van der Waals surface area contributed by atoms with Gasteiger partial charge < -0.3 is 10.5 Å². The summed E-state index contributed by atoms with van der Waals surface area (Å²) in [6, 6.07) is 14.4. The van der Waals surface area contributed by atoms with Crippen molar-refractivity contribution in [3.63, 3.8) is 0 Å². The van der Waals surface area contributed by atoms with Crippen LogP contribution in [0.15, 0.2) is 48.5 Å². The first-order chi connectivity index (χ1) is 10.2. The van der Waals surface area contributed by atoms with Crippen LogP contribution in [-0.4, -0.2) is 6.61 Å². The highest BCUT2D eigenvalue weighted by Crippen LogP contribution is 2.32. The number of halogens is 1. The van der Waals surface area contributed by atoms with Gasteiger partial charge in [-0.25, -0.2) is 4.39 Å². The summed E-state index contributed by atoms with van der Waals surface area (Å²) in [5.74, 6) is 0.619. The van der Waals surface area contributed by atoms with Crippen molar-refractivity contribution in [2.75, 3.05) is 6.61 Å². The van der Waals surface area contributed by atoms with Crippen LogP contribution < -0.4 is 10.5 Å². The van der Waals surface area contributed by atoms with Crippen LogP contribution >= 0.6 is 11.3 Å². The largest absolute Gasteiger partial charge is 0.494 e. The Morgan fingerprint density at radius 2 is 1.90 bits per heavy atom. The smallest absolute Gasteiger partial charge is 0.123 e. The standard InChI is InChI=1S/C17H16FNOS/c1-2-20-14-6-3-11(4-7-14)17(19)16-10-12-9-13(18)5-8-15(12)21-16/h3-10,17H,2,19H2,1H3. The quantitative estimate of drug-likeness (QED) is 0.770. The van der Waals surface area contributed by atoms with Crippen LogP contribution in [0.25, 0.3) is 10.1 Å². The highest BCUT2D eigenvalue weighted by Gasteiger charge is 2.13. The third-order valence-corrected chi connectivity index (χ3v) is 4.55. The van der Waals surface area contributed by atoms with Crippen molar-refractivity contribution in [2.24, 2.45) is 5.73 Å². The molecular formula is C17H16FNOS. The molecule has 3 rings (SSSR count). The molecule has 0 fully saturated rings. The van der Waals surface area contributed by atoms with Gasteiger partial charge in [-0.1, -0.05) is 12.1 Å². The molecule has 0 bridgehead atoms. The van der Waals surface area contributed by atoms with Crippen molar-refractivity contribution >= 4 is 21.4 Å². The lowest BCUT2D eigenvalue weighted by molar-refractivity contribution is 0.340. The number of fused-ring (bicyclic) bond motifs is 1. The molecule has 0 aliphatic rings. The van der Waals surface area contributed by atoms with Gasteiger partial charge in [0, 0.05) is 9.58 Å². The van der Waals surface area contributed by atoms with Crippen molar-refractivity contribution in [3.8, 4) is 5.75 Å². The molecule has 3 aromatic rings. The molecule has 1 atom stereocenters. The van der Waals surface area contributed by atoms with Gasteiger partial charge in [0.15, 0.2) is 0 Å². The molecule has 0 spiro atoms. The van der Waals surface area contributed by atoms with Crippen LogP contribution in [0.4, 0.5) is 4.39 Å². The molecule has 1 heterocycles. The van der Waals surface area contributed by atoms with Gasteiger partial charge in [0.1, 0.15) is 11.6 Å². The first-order valence-corrected chi connectivity index (χ1v) is 7.66. The summed E-state index contributed by atoms with van der Waals surface area (Å²) >= 11 is 1.60. The van der Waals surface area contributed by atoms with E-state index in [9.17, 15) is 4.39 Å². The fourth-order valence-corrected chi connectivity index (χ4v) is 3.36. The van der Waals surface area contributed by atoms with Crippen molar-refractivity contribution in [1.29, 1.82) is 0 Å². The highest BCUT2D eigenvalue weighted by atomic mass is 32.1. The van der Waals surface area contributed by atoms with Gasteiger partial charge in [-0.05, 0) is 54.3 Å². The molecule has 21 heavy (non-hydrogen) atoms. The van der Waals surface area contributed by atoms with Crippen LogP contribution in [0.2, 0.25) is 0 Å². The molecule has 108 valence electrons. The van der Waals surface area contributed by atoms with Crippen LogP contribution in [0.3, 0.4) is 0 Å². The summed E-state index contributed by atoms with van der Waals surface area (Å²) in [6.07, 6.45) is 0. The molecule has 1 unspecified atom stereocenters. The number of benzene rings is 2. The van der Waals surface area contributed by atoms with Crippen molar-refractivity contribution in [2.45, 2.75) is 13.0 Å². The van der Waals surface area contributed by atoms with E-state index in [0.29, 0.717) is 6.61 Å². The van der Waals surface area contributed by atoms with Gasteiger partial charge >= 0.3 is 0 Å². The first-order valence-electron chi connectivity index (χ1n) is 6.84. The van der Waals surface area contributed by atoms with Crippen molar-refractivity contribution in [1.82, 2.24) is 0 Å². The maximum absolute atomic E-state index is 13.2. The number of nitrogens with two attached hydrogens (primary N) is 1. The molecule has 2 N–H and O–H groups in total. The van der Waals surface area contributed by atoms with Crippen LogP contribution in [0.1, 0.15) is 23.4 Å². The van der Waals surface area contributed by atoms with Crippen molar-refractivity contribution < 1.29 is 9.13 Å². The van der Waals surface area contributed by atoms with E-state index < -0.39 is 0 Å². The fraction of sp³-hybridized carbons (Fsp3) is 0.176. The Bertz CT molecular complexity index is 751. The average Bonchev–Trinajstić information content (AvgIpc) is 2.90. The molecule has 2 aromatic carbocycles. The first kappa shape index (κ1) is 14.0. The van der Waals surface area contributed by atoms with Crippen LogP contribution in [0, 0.1) is 5.82 Å². The molecule has 2 nitrogen and oxygen atoms in total. The second kappa shape index (κ2) is 5.84. The van der Waals surface area contributed by atoms with Gasteiger partial charge in [-0.15, -0.1) is 11.3 Å². The molecule has 1 aromatic heterocycles. The second-order valence-electron chi connectivity index (χ2n) is 4.81. The third kappa shape index (κ3) is 2.91. The van der Waals surface area contributed by atoms with E-state index in [1.54, 1.807) is 23.5 Å².